The molecule has 5 aromatic carbocycles. The van der Waals surface area contributed by atoms with Crippen molar-refractivity contribution in [3.63, 3.8) is 0 Å². The number of nitrogens with zero attached hydrogens (tertiary/aromatic N) is 7. The van der Waals surface area contributed by atoms with Gasteiger partial charge in [-0.2, -0.15) is 8.61 Å². The molecule has 3 aliphatic heterocycles. The second-order valence-electron chi connectivity index (χ2n) is 30.6. The Bertz CT molecular complexity index is 4340. The minimum atomic E-state index is -3.84. The van der Waals surface area contributed by atoms with E-state index >= 15 is 0 Å². The fraction of sp³-hybridized carbons (Fsp3) is 0.573. The fourth-order valence-corrected chi connectivity index (χ4v) is 21.4. The zero-order valence-electron chi connectivity index (χ0n) is 69.0. The summed E-state index contributed by atoms with van der Waals surface area (Å²) in [5, 5.41) is 19.9. The van der Waals surface area contributed by atoms with Crippen molar-refractivity contribution >= 4 is 118 Å². The van der Waals surface area contributed by atoms with Gasteiger partial charge in [0.1, 0.15) is 0 Å². The summed E-state index contributed by atoms with van der Waals surface area (Å²) in [5.74, 6) is -0.413. The van der Waals surface area contributed by atoms with Crippen molar-refractivity contribution in [2.45, 2.75) is 85.0 Å². The molecule has 0 saturated carbocycles. The Morgan fingerprint density at radius 3 is 1.17 bits per heavy atom. The monoisotopic (exact) mass is 1830 g/mol. The number of rotatable bonds is 48. The van der Waals surface area contributed by atoms with Crippen LogP contribution in [0.3, 0.4) is 0 Å². The number of urea groups is 3. The van der Waals surface area contributed by atoms with Crippen LogP contribution in [0.25, 0.3) is 0 Å². The number of carbonyl (C=O) groups excluding carboxylic acids is 3. The van der Waals surface area contributed by atoms with Gasteiger partial charge in [-0.15, -0.1) is 0 Å². The van der Waals surface area contributed by atoms with Crippen molar-refractivity contribution < 1.29 is 68.1 Å². The summed E-state index contributed by atoms with van der Waals surface area (Å²) in [6.07, 6.45) is 6.39. The van der Waals surface area contributed by atoms with Crippen LogP contribution in [0.1, 0.15) is 94.9 Å². The molecular weight excluding hydrogens is 1720 g/mol. The number of amides is 6. The molecule has 0 fully saturated rings. The number of hydrogen-bond acceptors (Lipinski definition) is 19. The number of halogens is 6. The van der Waals surface area contributed by atoms with E-state index in [1.165, 1.54) is 27.0 Å². The predicted octanol–water partition coefficient (Wildman–Crippen LogP) is 10.2. The first-order chi connectivity index (χ1) is 56.9. The summed E-state index contributed by atoms with van der Waals surface area (Å²) < 4.78 is 121. The van der Waals surface area contributed by atoms with Crippen LogP contribution in [0.15, 0.2) is 107 Å². The number of fused-ring (bicyclic) bond motifs is 3. The van der Waals surface area contributed by atoms with Crippen LogP contribution in [-0.2, 0) is 78.1 Å². The van der Waals surface area contributed by atoms with Gasteiger partial charge in [0.15, 0.2) is 0 Å². The Labute approximate surface area is 733 Å². The number of ether oxygens (including phenoxy) is 6. The van der Waals surface area contributed by atoms with Gasteiger partial charge in [-0.25, -0.2) is 43.9 Å². The lowest BCUT2D eigenvalue weighted by molar-refractivity contribution is 0.0470. The number of likely N-dealkylation sites (N-methyl/N-ethyl adjacent to an activating group) is 6. The molecule has 0 saturated heterocycles. The van der Waals surface area contributed by atoms with Gasteiger partial charge in [-0.3, -0.25) is 0 Å². The largest absolute Gasteiger partial charge is 0.378 e. The second-order valence-corrected chi connectivity index (χ2v) is 39.5. The van der Waals surface area contributed by atoms with Gasteiger partial charge >= 0.3 is 18.1 Å². The highest BCUT2D eigenvalue weighted by Crippen LogP contribution is 2.46. The molecule has 119 heavy (non-hydrogen) atoms. The third-order valence-corrected chi connectivity index (χ3v) is 29.6. The van der Waals surface area contributed by atoms with Crippen LogP contribution < -0.4 is 31.9 Å². The van der Waals surface area contributed by atoms with Gasteiger partial charge < -0.3 is 79.9 Å². The molecule has 660 valence electrons. The van der Waals surface area contributed by atoms with Crippen LogP contribution in [0, 0.1) is 11.8 Å². The Morgan fingerprint density at radius 2 is 0.773 bits per heavy atom. The maximum absolute atomic E-state index is 14.0. The van der Waals surface area contributed by atoms with Gasteiger partial charge in [-0.1, -0.05) is 113 Å². The first-order valence-corrected chi connectivity index (χ1v) is 47.0. The van der Waals surface area contributed by atoms with Crippen LogP contribution in [0.2, 0.25) is 30.1 Å². The Kier molecular flexibility index (Phi) is 39.6. The van der Waals surface area contributed by atoms with Crippen LogP contribution in [0.4, 0.5) is 14.4 Å². The Morgan fingerprint density at radius 1 is 0.429 bits per heavy atom. The summed E-state index contributed by atoms with van der Waals surface area (Å²) in [6.45, 7) is 12.8. The molecule has 9 rings (SSSR count). The summed E-state index contributed by atoms with van der Waals surface area (Å²) in [5.41, 5.74) is 7.72. The van der Waals surface area contributed by atoms with Gasteiger partial charge in [0.05, 0.1) is 94.3 Å². The van der Waals surface area contributed by atoms with Crippen molar-refractivity contribution in [2.24, 2.45) is 11.8 Å². The molecular formula is C82H117Cl6N13O15S3. The maximum Gasteiger partial charge on any atom is 0.314 e. The van der Waals surface area contributed by atoms with E-state index in [2.05, 4.69) is 57.6 Å². The second kappa shape index (κ2) is 48.3. The zero-order valence-corrected chi connectivity index (χ0v) is 76.0. The van der Waals surface area contributed by atoms with Gasteiger partial charge in [-0.05, 0) is 183 Å². The Hall–Kier alpha value is -5.28. The smallest absolute Gasteiger partial charge is 0.314 e. The van der Waals surface area contributed by atoms with E-state index in [0.29, 0.717) is 128 Å². The number of allylic oxidation sites excluding steroid dienone is 2. The lowest BCUT2D eigenvalue weighted by Crippen LogP contribution is -2.46. The van der Waals surface area contributed by atoms with Crippen LogP contribution in [-0.4, -0.2) is 301 Å². The van der Waals surface area contributed by atoms with Crippen LogP contribution >= 0.6 is 69.6 Å². The minimum absolute atomic E-state index is 0.0320. The Balaban J connectivity index is 0.626. The zero-order chi connectivity index (χ0) is 85.8. The van der Waals surface area contributed by atoms with E-state index in [0.717, 1.165) is 51.1 Å². The van der Waals surface area contributed by atoms with Crippen LogP contribution in [0.5, 0.6) is 0 Å². The third kappa shape index (κ3) is 29.2. The molecule has 4 aliphatic rings. The number of hydrogen-bond donors (Lipinski definition) is 6. The highest BCUT2D eigenvalue weighted by molar-refractivity contribution is 7.90. The predicted molar refractivity (Wildman–Crippen MR) is 468 cm³/mol. The fourth-order valence-electron chi connectivity index (χ4n) is 15.4. The molecule has 1 aliphatic carbocycles. The van der Waals surface area contributed by atoms with Crippen molar-refractivity contribution in [1.29, 1.82) is 0 Å². The van der Waals surface area contributed by atoms with E-state index in [4.69, 9.17) is 98.0 Å². The first kappa shape index (κ1) is 97.5. The quantitative estimate of drug-likeness (QED) is 0.0156. The molecule has 6 atom stereocenters. The minimum Gasteiger partial charge on any atom is -0.378 e. The van der Waals surface area contributed by atoms with Crippen molar-refractivity contribution in [3.8, 4) is 0 Å². The molecule has 0 radical (unpaired) electrons. The normalized spacial score (nSPS) is 18.6. The average Bonchev–Trinajstić information content (AvgIpc) is 0.772. The lowest BCUT2D eigenvalue weighted by Gasteiger charge is -2.42. The number of sulfonamides is 3. The van der Waals surface area contributed by atoms with E-state index in [9.17, 15) is 39.6 Å². The van der Waals surface area contributed by atoms with Crippen molar-refractivity contribution in [3.05, 3.63) is 172 Å². The molecule has 6 N–H and O–H groups in total. The molecule has 37 heteroatoms. The summed E-state index contributed by atoms with van der Waals surface area (Å²) in [4.78, 5) is 47.4. The number of nitrogens with one attached hydrogen (secondary N) is 6. The molecule has 6 amide bonds. The summed E-state index contributed by atoms with van der Waals surface area (Å²) >= 11 is 39.1. The van der Waals surface area contributed by atoms with E-state index < -0.39 is 35.3 Å². The molecule has 0 spiro atoms. The molecule has 28 nitrogen and oxygen atoms in total. The van der Waals surface area contributed by atoms with Crippen molar-refractivity contribution in [2.75, 3.05) is 220 Å². The summed E-state index contributed by atoms with van der Waals surface area (Å²) in [7, 11) is -0.690. The topological polar surface area (TPSA) is 304 Å². The molecule has 3 unspecified atom stereocenters. The highest BCUT2D eigenvalue weighted by atomic mass is 35.5. The SMILES string of the molecule is CC1C([C@@H]2CN(C)Cc3c(Cl)cc(Cl)cc32)C=CCC1S(=O)(=O)N(C)CCOCCOCCNC(=O)NCCCN(CCCNC(=O)NCCOCCOCCN(C)S(=O)(=O)c1cccc([C@@H]2CN(C)Cc3c(Cl)cc(Cl)cc32)c1)CCCNC(=O)NCCOCCOCCN(C)S(=O)(=O)c1cccc([C@@H]2CN(C)Cc3c(Cl)cc(Cl)cc32)c1. The number of carbonyl (C=O) groups is 3. The number of benzene rings is 5. The standard InChI is InChI=1S/C82H117Cl6N13O15S3/c1-58-66(72-54-97(4)57-75-69(72)48-63(85)51-78(75)88)18-10-19-79(58)119(109,110)100(7)31-37-116-43-40-113-34-25-94-82(104)91-22-13-28-101(26-11-20-89-80(102)92-23-32-111-38-41-114-35-29-98(5)117(105,106)64-16-8-14-59(44-64)70-52-95(2)55-73-67(70)46-61(83)49-76(73)86)27-12-21-90-81(103)93-24-33-112-39-42-115-36-30-99(6)118(107,108)65-17-9-15-60(45-65)71-53-96(3)56-74-68(71)47-62(84)50-77(74)87/h8-10,14-18,44-51,58,66,70-72,79H,11-13,19-43,52-57H2,1-7H3,(H2,89,92,102)(H2,90,93,103)(H2,91,94,104)/t58?,66?,70-,71-,72-,79?/m0/s1. The molecule has 3 heterocycles. The molecule has 0 bridgehead atoms. The van der Waals surface area contributed by atoms with E-state index in [1.54, 1.807) is 61.6 Å². The van der Waals surface area contributed by atoms with Gasteiger partial charge in [0, 0.05) is 167 Å². The van der Waals surface area contributed by atoms with Crippen molar-refractivity contribution in [1.82, 2.24) is 64.4 Å². The third-order valence-electron chi connectivity index (χ3n) is 21.8. The lowest BCUT2D eigenvalue weighted by atomic mass is 9.72. The van der Waals surface area contributed by atoms with E-state index in [1.807, 2.05) is 64.5 Å². The molecule has 5 aromatic rings. The van der Waals surface area contributed by atoms with Gasteiger partial charge in [0.25, 0.3) is 0 Å². The maximum atomic E-state index is 14.0. The highest BCUT2D eigenvalue weighted by Gasteiger charge is 2.43. The van der Waals surface area contributed by atoms with Gasteiger partial charge in [0.2, 0.25) is 30.1 Å². The summed E-state index contributed by atoms with van der Waals surface area (Å²) in [6, 6.07) is 23.9. The first-order valence-electron chi connectivity index (χ1n) is 40.4. The molecule has 0 aromatic heterocycles. The van der Waals surface area contributed by atoms with E-state index in [-0.39, 0.29) is 176 Å². The average molecular weight is 1830 g/mol.